The van der Waals surface area contributed by atoms with Crippen molar-refractivity contribution < 1.29 is 33.3 Å². The number of urea groups is 1. The molecule has 10 heteroatoms. The average Bonchev–Trinajstić information content (AvgIpc) is 3.43. The Hall–Kier alpha value is -3.95. The van der Waals surface area contributed by atoms with Gasteiger partial charge < -0.3 is 29.6 Å². The molecule has 5 rings (SSSR count). The summed E-state index contributed by atoms with van der Waals surface area (Å²) in [6.45, 7) is 1.37. The highest BCUT2D eigenvalue weighted by Gasteiger charge is 2.49. The molecule has 2 aromatic carbocycles. The summed E-state index contributed by atoms with van der Waals surface area (Å²) in [4.78, 5) is 38.9. The lowest BCUT2D eigenvalue weighted by Gasteiger charge is -2.22. The summed E-state index contributed by atoms with van der Waals surface area (Å²) >= 11 is 0. The van der Waals surface area contributed by atoms with Gasteiger partial charge in [0.15, 0.2) is 23.0 Å². The standard InChI is InChI=1S/C20H17N3O7/c1-20(11-2-4-13-15(6-11)29-9-27-13)18(25)23(19(26)22-20)8-17(24)21-12-3-5-14-16(7-12)30-10-28-14/h2-7H,8-10H2,1H3,(H,21,24)(H,22,26)/t20-/m0/s1. The number of nitrogens with zero attached hydrogens (tertiary/aromatic N) is 1. The molecule has 1 atom stereocenters. The number of nitrogens with one attached hydrogen (secondary N) is 2. The van der Waals surface area contributed by atoms with Crippen LogP contribution in [0.1, 0.15) is 12.5 Å². The van der Waals surface area contributed by atoms with Crippen molar-refractivity contribution in [3.8, 4) is 23.0 Å². The topological polar surface area (TPSA) is 115 Å². The van der Waals surface area contributed by atoms with Gasteiger partial charge in [0.25, 0.3) is 5.91 Å². The lowest BCUT2D eigenvalue weighted by atomic mass is 9.91. The van der Waals surface area contributed by atoms with Crippen LogP contribution in [0.25, 0.3) is 0 Å². The number of fused-ring (bicyclic) bond motifs is 2. The lowest BCUT2D eigenvalue weighted by Crippen LogP contribution is -2.42. The number of carbonyl (C=O) groups is 3. The highest BCUT2D eigenvalue weighted by Crippen LogP contribution is 2.38. The van der Waals surface area contributed by atoms with E-state index in [-0.39, 0.29) is 13.6 Å². The number of carbonyl (C=O) groups excluding carboxylic acids is 3. The number of rotatable bonds is 4. The molecular formula is C20H17N3O7. The van der Waals surface area contributed by atoms with E-state index in [1.165, 1.54) is 0 Å². The molecule has 30 heavy (non-hydrogen) atoms. The third-order valence-corrected chi connectivity index (χ3v) is 5.18. The van der Waals surface area contributed by atoms with E-state index in [9.17, 15) is 14.4 Å². The summed E-state index contributed by atoms with van der Waals surface area (Å²) in [5.74, 6) is 1.10. The van der Waals surface area contributed by atoms with Gasteiger partial charge in [0.05, 0.1) is 0 Å². The van der Waals surface area contributed by atoms with Crippen molar-refractivity contribution in [2.75, 3.05) is 25.4 Å². The zero-order valence-electron chi connectivity index (χ0n) is 15.9. The van der Waals surface area contributed by atoms with Gasteiger partial charge in [-0.05, 0) is 36.8 Å². The van der Waals surface area contributed by atoms with E-state index < -0.39 is 29.9 Å². The molecule has 0 radical (unpaired) electrons. The van der Waals surface area contributed by atoms with Crippen LogP contribution < -0.4 is 29.6 Å². The van der Waals surface area contributed by atoms with Gasteiger partial charge in [0.2, 0.25) is 19.5 Å². The van der Waals surface area contributed by atoms with E-state index in [1.54, 1.807) is 43.3 Å². The van der Waals surface area contributed by atoms with E-state index in [4.69, 9.17) is 18.9 Å². The molecule has 10 nitrogen and oxygen atoms in total. The van der Waals surface area contributed by atoms with E-state index in [0.717, 1.165) is 4.90 Å². The van der Waals surface area contributed by atoms with Gasteiger partial charge in [-0.2, -0.15) is 0 Å². The maximum Gasteiger partial charge on any atom is 0.325 e. The molecule has 154 valence electrons. The molecule has 3 aliphatic rings. The molecule has 2 aromatic rings. The SMILES string of the molecule is C[C@@]1(c2ccc3c(c2)OCO3)NC(=O)N(CC(=O)Nc2ccc3c(c2)OCO3)C1=O. The first-order valence-electron chi connectivity index (χ1n) is 9.18. The summed E-state index contributed by atoms with van der Waals surface area (Å²) in [6.07, 6.45) is 0. The van der Waals surface area contributed by atoms with E-state index in [1.807, 2.05) is 0 Å². The number of hydrogen-bond acceptors (Lipinski definition) is 7. The van der Waals surface area contributed by atoms with Crippen molar-refractivity contribution in [1.82, 2.24) is 10.2 Å². The fraction of sp³-hybridized carbons (Fsp3) is 0.250. The third kappa shape index (κ3) is 2.84. The van der Waals surface area contributed by atoms with Gasteiger partial charge in [0, 0.05) is 11.8 Å². The zero-order valence-corrected chi connectivity index (χ0v) is 15.9. The normalized spacial score (nSPS) is 21.0. The largest absolute Gasteiger partial charge is 0.454 e. The van der Waals surface area contributed by atoms with Crippen LogP contribution >= 0.6 is 0 Å². The predicted octanol–water partition coefficient (Wildman–Crippen LogP) is 1.55. The zero-order chi connectivity index (χ0) is 20.9. The molecule has 4 amide bonds. The first-order chi connectivity index (χ1) is 14.4. The maximum absolute atomic E-state index is 13.0. The van der Waals surface area contributed by atoms with Crippen LogP contribution in [0, 0.1) is 0 Å². The van der Waals surface area contributed by atoms with Gasteiger partial charge in [-0.15, -0.1) is 0 Å². The number of benzene rings is 2. The minimum Gasteiger partial charge on any atom is -0.454 e. The smallest absolute Gasteiger partial charge is 0.325 e. The summed E-state index contributed by atoms with van der Waals surface area (Å²) in [5.41, 5.74) is -0.324. The summed E-state index contributed by atoms with van der Waals surface area (Å²) in [7, 11) is 0. The predicted molar refractivity (Wildman–Crippen MR) is 101 cm³/mol. The van der Waals surface area contributed by atoms with Crippen LogP contribution in [-0.4, -0.2) is 42.9 Å². The third-order valence-electron chi connectivity index (χ3n) is 5.18. The molecule has 0 spiro atoms. The lowest BCUT2D eigenvalue weighted by molar-refractivity contribution is -0.133. The number of amides is 4. The Morgan fingerprint density at radius 2 is 1.63 bits per heavy atom. The Labute approximate surface area is 170 Å². The Bertz CT molecular complexity index is 1090. The molecule has 0 aliphatic carbocycles. The van der Waals surface area contributed by atoms with Crippen LogP contribution in [0.5, 0.6) is 23.0 Å². The van der Waals surface area contributed by atoms with E-state index in [2.05, 4.69) is 10.6 Å². The molecule has 3 heterocycles. The first-order valence-corrected chi connectivity index (χ1v) is 9.18. The van der Waals surface area contributed by atoms with Crippen molar-refractivity contribution in [2.45, 2.75) is 12.5 Å². The number of ether oxygens (including phenoxy) is 4. The molecule has 0 aromatic heterocycles. The van der Waals surface area contributed by atoms with Crippen molar-refractivity contribution >= 4 is 23.5 Å². The molecule has 1 saturated heterocycles. The van der Waals surface area contributed by atoms with Crippen LogP contribution in [0.2, 0.25) is 0 Å². The highest BCUT2D eigenvalue weighted by atomic mass is 16.7. The Kier molecular flexibility index (Phi) is 3.95. The van der Waals surface area contributed by atoms with Crippen LogP contribution in [-0.2, 0) is 15.1 Å². The van der Waals surface area contributed by atoms with Crippen molar-refractivity contribution in [2.24, 2.45) is 0 Å². The first kappa shape index (κ1) is 18.1. The van der Waals surface area contributed by atoms with Gasteiger partial charge in [-0.3, -0.25) is 14.5 Å². The van der Waals surface area contributed by atoms with Gasteiger partial charge in [0.1, 0.15) is 12.1 Å². The van der Waals surface area contributed by atoms with Crippen LogP contribution in [0.15, 0.2) is 36.4 Å². The molecule has 1 fully saturated rings. The van der Waals surface area contributed by atoms with Gasteiger partial charge in [-0.1, -0.05) is 6.07 Å². The maximum atomic E-state index is 13.0. The molecule has 2 N–H and O–H groups in total. The monoisotopic (exact) mass is 411 g/mol. The van der Waals surface area contributed by atoms with Crippen LogP contribution in [0.4, 0.5) is 10.5 Å². The van der Waals surface area contributed by atoms with Gasteiger partial charge in [-0.25, -0.2) is 4.79 Å². The molecule has 0 unspecified atom stereocenters. The molecule has 0 bridgehead atoms. The van der Waals surface area contributed by atoms with Crippen molar-refractivity contribution in [1.29, 1.82) is 0 Å². The molecule has 3 aliphatic heterocycles. The van der Waals surface area contributed by atoms with Gasteiger partial charge >= 0.3 is 6.03 Å². The fourth-order valence-electron chi connectivity index (χ4n) is 3.56. The minimum absolute atomic E-state index is 0.0992. The highest BCUT2D eigenvalue weighted by molar-refractivity contribution is 6.10. The van der Waals surface area contributed by atoms with Crippen molar-refractivity contribution in [3.05, 3.63) is 42.0 Å². The second-order valence-electron chi connectivity index (χ2n) is 7.13. The Morgan fingerprint density at radius 1 is 1.00 bits per heavy atom. The quantitative estimate of drug-likeness (QED) is 0.734. The number of imide groups is 1. The average molecular weight is 411 g/mol. The Balaban J connectivity index is 1.31. The molecule has 0 saturated carbocycles. The van der Waals surface area contributed by atoms with Crippen LogP contribution in [0.3, 0.4) is 0 Å². The second kappa shape index (κ2) is 6.55. The minimum atomic E-state index is -1.32. The second-order valence-corrected chi connectivity index (χ2v) is 7.13. The number of hydrogen-bond donors (Lipinski definition) is 2. The van der Waals surface area contributed by atoms with Crippen molar-refractivity contribution in [3.63, 3.8) is 0 Å². The molecular weight excluding hydrogens is 394 g/mol. The Morgan fingerprint density at radius 3 is 2.37 bits per heavy atom. The summed E-state index contributed by atoms with van der Waals surface area (Å²) in [6, 6.07) is 9.29. The summed E-state index contributed by atoms with van der Waals surface area (Å²) < 4.78 is 21.1. The van der Waals surface area contributed by atoms with E-state index >= 15 is 0 Å². The number of anilines is 1. The fourth-order valence-corrected chi connectivity index (χ4v) is 3.56. The summed E-state index contributed by atoms with van der Waals surface area (Å²) in [5, 5.41) is 5.32. The van der Waals surface area contributed by atoms with E-state index in [0.29, 0.717) is 34.2 Å².